The number of rotatable bonds is 14. The van der Waals surface area contributed by atoms with Gasteiger partial charge in [0.2, 0.25) is 11.8 Å². The lowest BCUT2D eigenvalue weighted by Gasteiger charge is -2.42. The minimum absolute atomic E-state index is 0.0141. The molecule has 1 aliphatic heterocycles. The van der Waals surface area contributed by atoms with Crippen LogP contribution >= 0.6 is 0 Å². The van der Waals surface area contributed by atoms with Crippen molar-refractivity contribution in [3.05, 3.63) is 0 Å². The van der Waals surface area contributed by atoms with E-state index < -0.39 is 29.4 Å². The zero-order chi connectivity index (χ0) is 35.7. The van der Waals surface area contributed by atoms with Gasteiger partial charge in [0.1, 0.15) is 0 Å². The average molecular weight is 690 g/mol. The molecule has 0 aromatic carbocycles. The maximum absolute atomic E-state index is 13.8. The third-order valence-corrected chi connectivity index (χ3v) is 11.3. The summed E-state index contributed by atoms with van der Waals surface area (Å²) in [5.74, 6) is -1.76. The van der Waals surface area contributed by atoms with E-state index in [-0.39, 0.29) is 86.8 Å². The Kier molecular flexibility index (Phi) is 13.9. The number of nitrogens with zero attached hydrogens (tertiary/aromatic N) is 2. The number of carboxylic acid groups (broad SMARTS) is 1. The summed E-state index contributed by atoms with van der Waals surface area (Å²) in [5.41, 5.74) is -0.834. The molecular formula is C36H59N5O8. The van der Waals surface area contributed by atoms with Crippen molar-refractivity contribution in [2.24, 2.45) is 17.8 Å². The van der Waals surface area contributed by atoms with E-state index >= 15 is 0 Å². The van der Waals surface area contributed by atoms with Crippen LogP contribution in [0.4, 0.5) is 4.79 Å². The van der Waals surface area contributed by atoms with Crippen molar-refractivity contribution in [1.29, 1.82) is 0 Å². The van der Waals surface area contributed by atoms with E-state index in [1.165, 1.54) is 11.3 Å². The number of hydrogen-bond acceptors (Lipinski definition) is 8. The Morgan fingerprint density at radius 3 is 2.27 bits per heavy atom. The molecule has 3 aliphatic carbocycles. The number of esters is 1. The summed E-state index contributed by atoms with van der Waals surface area (Å²) in [7, 11) is 0. The molecule has 4 amide bonds. The van der Waals surface area contributed by atoms with Crippen LogP contribution in [0.3, 0.4) is 0 Å². The number of urea groups is 1. The van der Waals surface area contributed by atoms with Crippen molar-refractivity contribution in [3.63, 3.8) is 0 Å². The quantitative estimate of drug-likeness (QED) is 0.199. The van der Waals surface area contributed by atoms with Gasteiger partial charge in [-0.1, -0.05) is 19.8 Å². The lowest BCUT2D eigenvalue weighted by Crippen LogP contribution is -2.57. The molecule has 0 aromatic rings. The van der Waals surface area contributed by atoms with Gasteiger partial charge in [-0.3, -0.25) is 24.0 Å². The van der Waals surface area contributed by atoms with E-state index in [1.54, 1.807) is 11.8 Å². The molecule has 5 unspecified atom stereocenters. The Labute approximate surface area is 291 Å². The average Bonchev–Trinajstić information content (AvgIpc) is 3.14. The van der Waals surface area contributed by atoms with Crippen LogP contribution in [0.1, 0.15) is 118 Å². The molecule has 13 heteroatoms. The Hall–Kier alpha value is -3.22. The van der Waals surface area contributed by atoms with Crippen molar-refractivity contribution in [2.45, 2.75) is 147 Å². The summed E-state index contributed by atoms with van der Waals surface area (Å²) in [6, 6.07) is -0.305. The molecule has 0 spiro atoms. The van der Waals surface area contributed by atoms with Gasteiger partial charge in [0.05, 0.1) is 37.5 Å². The third-order valence-electron chi connectivity index (χ3n) is 11.3. The first-order valence-corrected chi connectivity index (χ1v) is 18.6. The lowest BCUT2D eigenvalue weighted by atomic mass is 9.77. The molecule has 0 aromatic heterocycles. The monoisotopic (exact) mass is 689 g/mol. The molecule has 1 saturated heterocycles. The molecule has 3 saturated carbocycles. The van der Waals surface area contributed by atoms with Gasteiger partial charge in [-0.05, 0) is 90.4 Å². The molecular weight excluding hydrogens is 630 g/mol. The summed E-state index contributed by atoms with van der Waals surface area (Å²) in [4.78, 5) is 79.8. The minimum Gasteiger partial charge on any atom is -0.481 e. The number of carbonyl (C=O) groups excluding carboxylic acids is 5. The molecule has 4 aliphatic rings. The number of aliphatic carboxylic acids is 1. The van der Waals surface area contributed by atoms with Crippen LogP contribution in [0.15, 0.2) is 0 Å². The highest BCUT2D eigenvalue weighted by atomic mass is 16.5. The summed E-state index contributed by atoms with van der Waals surface area (Å²) in [6.45, 7) is 7.75. The normalized spacial score (nSPS) is 29.4. The summed E-state index contributed by atoms with van der Waals surface area (Å²) in [5, 5.41) is 19.1. The predicted molar refractivity (Wildman–Crippen MR) is 182 cm³/mol. The highest BCUT2D eigenvalue weighted by Crippen LogP contribution is 2.35. The van der Waals surface area contributed by atoms with Crippen molar-refractivity contribution >= 4 is 35.6 Å². The predicted octanol–water partition coefficient (Wildman–Crippen LogP) is 3.39. The van der Waals surface area contributed by atoms with E-state index in [0.29, 0.717) is 31.6 Å². The van der Waals surface area contributed by atoms with Crippen molar-refractivity contribution in [3.8, 4) is 0 Å². The number of nitrogens with one attached hydrogen (secondary N) is 3. The lowest BCUT2D eigenvalue weighted by molar-refractivity contribution is -0.145. The Morgan fingerprint density at radius 1 is 0.898 bits per heavy atom. The standard InChI is InChI=1S/C36H59N5O8/c1-5-49-33(46)17-19-41-29-15-14-26(21-27(29)34(47)40(22-31(41)43)18-16-32(44)45)39-36(3,4)30(42)20-24-10-12-25(13-11-24)37-35(48)38-28-9-7-6-8-23(28)2/h23-29,39H,5-22H2,1-4H3,(H,44,45)(H2,37,38,48). The molecule has 276 valence electrons. The van der Waals surface area contributed by atoms with Gasteiger partial charge in [0.25, 0.3) is 0 Å². The van der Waals surface area contributed by atoms with Gasteiger partial charge in [0.15, 0.2) is 5.78 Å². The number of ketones is 1. The van der Waals surface area contributed by atoms with Crippen LogP contribution < -0.4 is 16.0 Å². The molecule has 0 bridgehead atoms. The number of carboxylic acids is 1. The van der Waals surface area contributed by atoms with Crippen LogP contribution in [0.2, 0.25) is 0 Å². The van der Waals surface area contributed by atoms with Crippen LogP contribution in [0.25, 0.3) is 0 Å². The Bertz CT molecular complexity index is 1200. The van der Waals surface area contributed by atoms with Crippen molar-refractivity contribution in [1.82, 2.24) is 25.8 Å². The number of carbonyl (C=O) groups is 6. The molecule has 4 rings (SSSR count). The number of fused-ring (bicyclic) bond motifs is 1. The Balaban J connectivity index is 1.30. The topological polar surface area (TPSA) is 174 Å². The number of amides is 4. The van der Waals surface area contributed by atoms with Crippen molar-refractivity contribution in [2.75, 3.05) is 26.2 Å². The van der Waals surface area contributed by atoms with Crippen LogP contribution in [0, 0.1) is 17.8 Å². The van der Waals surface area contributed by atoms with Gasteiger partial charge in [-0.15, -0.1) is 0 Å². The number of Topliss-reactive ketones (excluding diaryl/α,β-unsaturated/α-hetero) is 1. The van der Waals surface area contributed by atoms with Crippen LogP contribution in [0.5, 0.6) is 0 Å². The first-order valence-electron chi connectivity index (χ1n) is 18.6. The number of hydrogen-bond donors (Lipinski definition) is 4. The first-order chi connectivity index (χ1) is 23.3. The molecule has 4 N–H and O–H groups in total. The highest BCUT2D eigenvalue weighted by molar-refractivity contribution is 5.90. The fourth-order valence-electron chi connectivity index (χ4n) is 8.38. The van der Waals surface area contributed by atoms with E-state index in [2.05, 4.69) is 22.9 Å². The SMILES string of the molecule is CCOC(=O)CCN1C(=O)CN(CCC(=O)O)C(=O)C2CC(NC(C)(C)C(=O)CC3CCC(NC(=O)NC4CCCCC4C)CC3)CCC21. The second-order valence-electron chi connectivity index (χ2n) is 15.3. The van der Waals surface area contributed by atoms with E-state index in [9.17, 15) is 33.9 Å². The second-order valence-corrected chi connectivity index (χ2v) is 15.3. The maximum atomic E-state index is 13.8. The zero-order valence-corrected chi connectivity index (χ0v) is 30.0. The second kappa shape index (κ2) is 17.6. The Morgan fingerprint density at radius 2 is 1.59 bits per heavy atom. The summed E-state index contributed by atoms with van der Waals surface area (Å²) in [6.07, 6.45) is 9.74. The first kappa shape index (κ1) is 38.6. The largest absolute Gasteiger partial charge is 0.481 e. The third kappa shape index (κ3) is 10.9. The zero-order valence-electron chi connectivity index (χ0n) is 30.0. The minimum atomic E-state index is -1.05. The van der Waals surface area contributed by atoms with Crippen LogP contribution in [-0.4, -0.2) is 106 Å². The van der Waals surface area contributed by atoms with Crippen LogP contribution in [-0.2, 0) is 28.7 Å². The van der Waals surface area contributed by atoms with Gasteiger partial charge < -0.3 is 35.6 Å². The van der Waals surface area contributed by atoms with E-state index in [0.717, 1.165) is 44.9 Å². The highest BCUT2D eigenvalue weighted by Gasteiger charge is 2.46. The maximum Gasteiger partial charge on any atom is 0.315 e. The number of ether oxygens (including phenoxy) is 1. The molecule has 5 atom stereocenters. The van der Waals surface area contributed by atoms with E-state index in [1.807, 2.05) is 13.8 Å². The molecule has 13 nitrogen and oxygen atoms in total. The van der Waals surface area contributed by atoms with Gasteiger partial charge in [0, 0.05) is 43.7 Å². The summed E-state index contributed by atoms with van der Waals surface area (Å²) < 4.78 is 5.06. The van der Waals surface area contributed by atoms with Gasteiger partial charge in [-0.2, -0.15) is 0 Å². The molecule has 0 radical (unpaired) electrons. The fraction of sp³-hybridized carbons (Fsp3) is 0.833. The molecule has 4 fully saturated rings. The van der Waals surface area contributed by atoms with Gasteiger partial charge in [-0.25, -0.2) is 4.79 Å². The fourth-order valence-corrected chi connectivity index (χ4v) is 8.38. The van der Waals surface area contributed by atoms with E-state index in [4.69, 9.17) is 4.74 Å². The van der Waals surface area contributed by atoms with Gasteiger partial charge >= 0.3 is 18.0 Å². The molecule has 1 heterocycles. The smallest absolute Gasteiger partial charge is 0.315 e. The molecule has 49 heavy (non-hydrogen) atoms. The van der Waals surface area contributed by atoms with Crippen molar-refractivity contribution < 1.29 is 38.6 Å². The summed E-state index contributed by atoms with van der Waals surface area (Å²) >= 11 is 0.